The van der Waals surface area contributed by atoms with Gasteiger partial charge >= 0.3 is 0 Å². The number of piperidine rings is 1. The van der Waals surface area contributed by atoms with Crippen LogP contribution in [0.15, 0.2) is 29.3 Å². The lowest BCUT2D eigenvalue weighted by atomic mass is 9.89. The second kappa shape index (κ2) is 6.60. The van der Waals surface area contributed by atoms with Crippen molar-refractivity contribution in [3.05, 3.63) is 41.1 Å². The molecule has 2 aromatic rings. The molecule has 0 amide bonds. The molecule has 118 valence electrons. The monoisotopic (exact) mass is 342 g/mol. The van der Waals surface area contributed by atoms with Crippen molar-refractivity contribution >= 4 is 23.5 Å². The van der Waals surface area contributed by atoms with Crippen LogP contribution in [0.5, 0.6) is 0 Å². The van der Waals surface area contributed by atoms with Gasteiger partial charge in [-0.05, 0) is 36.9 Å². The molecule has 4 rings (SSSR count). The first-order chi connectivity index (χ1) is 11.3. The average Bonchev–Trinajstić information content (AvgIpc) is 3.17. The SMILES string of the molecule is N#Cc1ccccc1CSc1nsnc1C1CN2CCCC1C2. The van der Waals surface area contributed by atoms with Gasteiger partial charge in [-0.1, -0.05) is 30.0 Å². The predicted octanol–water partition coefficient (Wildman–Crippen LogP) is 3.51. The fourth-order valence-electron chi connectivity index (χ4n) is 3.74. The van der Waals surface area contributed by atoms with Crippen molar-refractivity contribution in [2.24, 2.45) is 5.92 Å². The summed E-state index contributed by atoms with van der Waals surface area (Å²) >= 11 is 3.05. The summed E-state index contributed by atoms with van der Waals surface area (Å²) in [5, 5.41) is 10.3. The van der Waals surface area contributed by atoms with E-state index in [1.54, 1.807) is 11.8 Å². The molecule has 2 bridgehead atoms. The van der Waals surface area contributed by atoms with E-state index in [0.717, 1.165) is 34.4 Å². The molecule has 2 fully saturated rings. The molecule has 23 heavy (non-hydrogen) atoms. The van der Waals surface area contributed by atoms with E-state index in [2.05, 4.69) is 19.7 Å². The maximum absolute atomic E-state index is 9.21. The van der Waals surface area contributed by atoms with Gasteiger partial charge in [-0.15, -0.1) is 0 Å². The van der Waals surface area contributed by atoms with Crippen LogP contribution in [0.1, 0.15) is 35.6 Å². The van der Waals surface area contributed by atoms with Crippen molar-refractivity contribution in [3.8, 4) is 6.07 Å². The van der Waals surface area contributed by atoms with Gasteiger partial charge < -0.3 is 4.90 Å². The average molecular weight is 342 g/mol. The van der Waals surface area contributed by atoms with Crippen LogP contribution in [-0.2, 0) is 5.75 Å². The lowest BCUT2D eigenvalue weighted by Gasteiger charge is -2.21. The van der Waals surface area contributed by atoms with Crippen molar-refractivity contribution in [1.82, 2.24) is 13.6 Å². The fraction of sp³-hybridized carbons (Fsp3) is 0.471. The molecule has 3 atom stereocenters. The highest BCUT2D eigenvalue weighted by Crippen LogP contribution is 2.41. The molecular weight excluding hydrogens is 324 g/mol. The van der Waals surface area contributed by atoms with Crippen molar-refractivity contribution in [1.29, 1.82) is 5.26 Å². The van der Waals surface area contributed by atoms with Gasteiger partial charge in [0.15, 0.2) is 0 Å². The number of nitrogens with zero attached hydrogens (tertiary/aromatic N) is 4. The summed E-state index contributed by atoms with van der Waals surface area (Å²) in [7, 11) is 0. The van der Waals surface area contributed by atoms with Crippen molar-refractivity contribution < 1.29 is 0 Å². The van der Waals surface area contributed by atoms with Crippen LogP contribution in [0.3, 0.4) is 0 Å². The number of fused-ring (bicyclic) bond motifs is 2. The molecule has 2 aliphatic rings. The summed E-state index contributed by atoms with van der Waals surface area (Å²) in [6, 6.07) is 10.1. The number of thioether (sulfide) groups is 1. The Morgan fingerprint density at radius 2 is 2.22 bits per heavy atom. The van der Waals surface area contributed by atoms with Crippen LogP contribution in [0.2, 0.25) is 0 Å². The maximum Gasteiger partial charge on any atom is 0.134 e. The molecular formula is C17H18N4S2. The molecule has 2 aliphatic heterocycles. The Bertz CT molecular complexity index is 736. The summed E-state index contributed by atoms with van der Waals surface area (Å²) in [5.41, 5.74) is 3.03. The van der Waals surface area contributed by atoms with Crippen molar-refractivity contribution in [3.63, 3.8) is 0 Å². The Labute approximate surface area is 144 Å². The van der Waals surface area contributed by atoms with E-state index in [1.807, 2.05) is 24.3 Å². The smallest absolute Gasteiger partial charge is 0.134 e. The predicted molar refractivity (Wildman–Crippen MR) is 92.5 cm³/mol. The molecule has 4 nitrogen and oxygen atoms in total. The first kappa shape index (κ1) is 15.1. The largest absolute Gasteiger partial charge is 0.302 e. The van der Waals surface area contributed by atoms with E-state index in [-0.39, 0.29) is 0 Å². The van der Waals surface area contributed by atoms with Crippen LogP contribution in [0.25, 0.3) is 0 Å². The van der Waals surface area contributed by atoms with E-state index < -0.39 is 0 Å². The van der Waals surface area contributed by atoms with Gasteiger partial charge in [-0.25, -0.2) is 0 Å². The normalized spacial score (nSPS) is 26.1. The van der Waals surface area contributed by atoms with Gasteiger partial charge in [0.2, 0.25) is 0 Å². The van der Waals surface area contributed by atoms with Crippen LogP contribution in [0, 0.1) is 17.2 Å². The lowest BCUT2D eigenvalue weighted by molar-refractivity contribution is 0.269. The van der Waals surface area contributed by atoms with E-state index in [0.29, 0.717) is 5.92 Å². The van der Waals surface area contributed by atoms with E-state index >= 15 is 0 Å². The molecule has 0 N–H and O–H groups in total. The highest BCUT2D eigenvalue weighted by atomic mass is 32.2. The van der Waals surface area contributed by atoms with E-state index in [1.165, 1.54) is 43.4 Å². The summed E-state index contributed by atoms with van der Waals surface area (Å²) < 4.78 is 9.17. The first-order valence-electron chi connectivity index (χ1n) is 8.01. The number of rotatable bonds is 4. The van der Waals surface area contributed by atoms with E-state index in [4.69, 9.17) is 0 Å². The third kappa shape index (κ3) is 3.01. The minimum atomic E-state index is 0.546. The summed E-state index contributed by atoms with van der Waals surface area (Å²) in [6.45, 7) is 3.60. The lowest BCUT2D eigenvalue weighted by Crippen LogP contribution is -2.25. The molecule has 6 heteroatoms. The van der Waals surface area contributed by atoms with E-state index in [9.17, 15) is 5.26 Å². The Kier molecular flexibility index (Phi) is 4.34. The zero-order valence-corrected chi connectivity index (χ0v) is 14.4. The Morgan fingerprint density at radius 3 is 3.09 bits per heavy atom. The topological polar surface area (TPSA) is 52.8 Å². The Hall–Kier alpha value is -1.42. The number of aromatic nitrogens is 2. The summed E-state index contributed by atoms with van der Waals surface area (Å²) in [5.74, 6) is 2.08. The number of benzene rings is 1. The Morgan fingerprint density at radius 1 is 1.30 bits per heavy atom. The zero-order chi connectivity index (χ0) is 15.6. The van der Waals surface area contributed by atoms with Gasteiger partial charge in [0, 0.05) is 24.8 Å². The van der Waals surface area contributed by atoms with Crippen LogP contribution in [-0.4, -0.2) is 33.3 Å². The van der Waals surface area contributed by atoms with Crippen LogP contribution < -0.4 is 0 Å². The molecule has 2 saturated heterocycles. The van der Waals surface area contributed by atoms with Gasteiger partial charge in [0.25, 0.3) is 0 Å². The van der Waals surface area contributed by atoms with Gasteiger partial charge in [0.05, 0.1) is 29.1 Å². The molecule has 0 spiro atoms. The number of hydrogen-bond acceptors (Lipinski definition) is 6. The summed E-state index contributed by atoms with van der Waals surface area (Å²) in [4.78, 5) is 2.57. The third-order valence-electron chi connectivity index (χ3n) is 4.90. The molecule has 0 aliphatic carbocycles. The van der Waals surface area contributed by atoms with Crippen molar-refractivity contribution in [2.45, 2.75) is 29.5 Å². The van der Waals surface area contributed by atoms with Gasteiger partial charge in [-0.2, -0.15) is 14.0 Å². The van der Waals surface area contributed by atoms with Crippen molar-refractivity contribution in [2.75, 3.05) is 19.6 Å². The first-order valence-corrected chi connectivity index (χ1v) is 9.72. The highest BCUT2D eigenvalue weighted by molar-refractivity contribution is 7.98. The number of nitriles is 1. The molecule has 1 aromatic carbocycles. The second-order valence-corrected chi connectivity index (χ2v) is 7.77. The highest BCUT2D eigenvalue weighted by Gasteiger charge is 2.38. The summed E-state index contributed by atoms with van der Waals surface area (Å²) in [6.07, 6.45) is 2.64. The molecule has 0 radical (unpaired) electrons. The fourth-order valence-corrected chi connectivity index (χ4v) is 5.51. The number of hydrogen-bond donors (Lipinski definition) is 0. The zero-order valence-electron chi connectivity index (χ0n) is 12.8. The minimum Gasteiger partial charge on any atom is -0.302 e. The third-order valence-corrected chi connectivity index (χ3v) is 6.59. The Balaban J connectivity index is 1.51. The maximum atomic E-state index is 9.21. The molecule has 0 saturated carbocycles. The minimum absolute atomic E-state index is 0.546. The van der Waals surface area contributed by atoms with Crippen LogP contribution >= 0.6 is 23.5 Å². The van der Waals surface area contributed by atoms with Gasteiger partial charge in [-0.3, -0.25) is 0 Å². The molecule has 1 aromatic heterocycles. The van der Waals surface area contributed by atoms with Gasteiger partial charge in [0.1, 0.15) is 5.03 Å². The quantitative estimate of drug-likeness (QED) is 0.796. The van der Waals surface area contributed by atoms with Crippen LogP contribution in [0.4, 0.5) is 0 Å². The molecule has 3 unspecified atom stereocenters. The standard InChI is InChI=1S/C17H18N4S2/c18-8-12-4-1-2-5-14(12)11-22-17-16(19-23-20-17)15-10-21-7-3-6-13(15)9-21/h1-2,4-5,13,15H,3,6-7,9-11H2. The molecule has 3 heterocycles. The second-order valence-electron chi connectivity index (χ2n) is 6.28.